The highest BCUT2D eigenvalue weighted by molar-refractivity contribution is 6.30. The quantitative estimate of drug-likeness (QED) is 0.633. The number of anilines is 1. The lowest BCUT2D eigenvalue weighted by molar-refractivity contribution is -0.137. The molecule has 86 valence electrons. The molecule has 16 heavy (non-hydrogen) atoms. The monoisotopic (exact) mass is 247 g/mol. The zero-order valence-electron chi connectivity index (χ0n) is 8.24. The van der Waals surface area contributed by atoms with Gasteiger partial charge in [-0.05, 0) is 18.2 Å². The predicted octanol–water partition coefficient (Wildman–Crippen LogP) is 3.79. The van der Waals surface area contributed by atoms with E-state index in [1.807, 2.05) is 0 Å². The summed E-state index contributed by atoms with van der Waals surface area (Å²) < 4.78 is 37.3. The summed E-state index contributed by atoms with van der Waals surface area (Å²) in [5, 5.41) is 2.81. The fraction of sp³-hybridized carbons (Fsp3) is 0.273. The van der Waals surface area contributed by atoms with Crippen LogP contribution in [0.1, 0.15) is 12.0 Å². The van der Waals surface area contributed by atoms with Crippen LogP contribution in [0.4, 0.5) is 18.9 Å². The molecule has 0 aromatic heterocycles. The molecule has 1 nitrogen and oxygen atoms in total. The number of hydrogen-bond donors (Lipinski definition) is 1. The van der Waals surface area contributed by atoms with Crippen molar-refractivity contribution in [3.8, 4) is 12.3 Å². The maximum absolute atomic E-state index is 12.4. The van der Waals surface area contributed by atoms with Gasteiger partial charge in [0.15, 0.2) is 0 Å². The molecule has 0 aliphatic rings. The van der Waals surface area contributed by atoms with Crippen LogP contribution in [0.25, 0.3) is 0 Å². The molecule has 1 rings (SSSR count). The van der Waals surface area contributed by atoms with Gasteiger partial charge in [0.05, 0.1) is 5.56 Å². The van der Waals surface area contributed by atoms with E-state index in [-0.39, 0.29) is 5.02 Å². The third-order valence-electron chi connectivity index (χ3n) is 1.82. The fourth-order valence-electron chi connectivity index (χ4n) is 1.13. The third kappa shape index (κ3) is 3.67. The zero-order valence-corrected chi connectivity index (χ0v) is 8.99. The second kappa shape index (κ2) is 5.13. The van der Waals surface area contributed by atoms with Crippen LogP contribution in [0.3, 0.4) is 0 Å². The smallest absolute Gasteiger partial charge is 0.384 e. The molecule has 0 spiro atoms. The van der Waals surface area contributed by atoms with E-state index in [1.165, 1.54) is 6.07 Å². The maximum Gasteiger partial charge on any atom is 0.416 e. The first-order valence-corrected chi connectivity index (χ1v) is 4.86. The molecule has 0 aliphatic heterocycles. The van der Waals surface area contributed by atoms with Gasteiger partial charge in [0.1, 0.15) is 0 Å². The molecule has 0 atom stereocenters. The van der Waals surface area contributed by atoms with E-state index in [9.17, 15) is 13.2 Å². The molecule has 0 amide bonds. The Morgan fingerprint density at radius 1 is 1.31 bits per heavy atom. The molecular weight excluding hydrogens is 239 g/mol. The molecule has 0 unspecified atom stereocenters. The van der Waals surface area contributed by atoms with Crippen molar-refractivity contribution in [3.63, 3.8) is 0 Å². The van der Waals surface area contributed by atoms with Gasteiger partial charge in [0.2, 0.25) is 0 Å². The molecule has 0 fully saturated rings. The second-order valence-electron chi connectivity index (χ2n) is 3.11. The van der Waals surface area contributed by atoms with Crippen LogP contribution in [-0.4, -0.2) is 6.54 Å². The normalized spacial score (nSPS) is 10.9. The summed E-state index contributed by atoms with van der Waals surface area (Å²) in [6.07, 6.45) is 1.07. The van der Waals surface area contributed by atoms with E-state index < -0.39 is 11.7 Å². The highest BCUT2D eigenvalue weighted by Crippen LogP contribution is 2.33. The van der Waals surface area contributed by atoms with E-state index in [4.69, 9.17) is 18.0 Å². The van der Waals surface area contributed by atoms with Crippen molar-refractivity contribution < 1.29 is 13.2 Å². The maximum atomic E-state index is 12.4. The van der Waals surface area contributed by atoms with Crippen LogP contribution < -0.4 is 5.32 Å². The van der Waals surface area contributed by atoms with Crippen molar-refractivity contribution >= 4 is 17.3 Å². The van der Waals surface area contributed by atoms with E-state index in [0.717, 1.165) is 12.1 Å². The first-order chi connectivity index (χ1) is 7.43. The molecule has 0 bridgehead atoms. The Labute approximate surface area is 96.6 Å². The van der Waals surface area contributed by atoms with Gasteiger partial charge in [-0.2, -0.15) is 13.2 Å². The van der Waals surface area contributed by atoms with Gasteiger partial charge in [-0.1, -0.05) is 11.6 Å². The molecule has 0 radical (unpaired) electrons. The van der Waals surface area contributed by atoms with Crippen LogP contribution >= 0.6 is 11.6 Å². The fourth-order valence-corrected chi connectivity index (χ4v) is 1.37. The number of alkyl halides is 3. The molecule has 0 saturated carbocycles. The molecule has 1 N–H and O–H groups in total. The molecule has 0 saturated heterocycles. The van der Waals surface area contributed by atoms with E-state index in [1.54, 1.807) is 0 Å². The van der Waals surface area contributed by atoms with Crippen molar-refractivity contribution in [2.24, 2.45) is 0 Å². The number of halogens is 4. The topological polar surface area (TPSA) is 12.0 Å². The lowest BCUT2D eigenvalue weighted by atomic mass is 10.2. The lowest BCUT2D eigenvalue weighted by Gasteiger charge is -2.10. The Balaban J connectivity index is 2.87. The Morgan fingerprint density at radius 3 is 2.56 bits per heavy atom. The van der Waals surface area contributed by atoms with Crippen molar-refractivity contribution in [2.45, 2.75) is 12.6 Å². The van der Waals surface area contributed by atoms with Gasteiger partial charge >= 0.3 is 6.18 Å². The largest absolute Gasteiger partial charge is 0.416 e. The minimum Gasteiger partial charge on any atom is -0.384 e. The molecule has 0 aliphatic carbocycles. The third-order valence-corrected chi connectivity index (χ3v) is 2.04. The lowest BCUT2D eigenvalue weighted by Crippen LogP contribution is -2.07. The van der Waals surface area contributed by atoms with Gasteiger partial charge in [-0.25, -0.2) is 0 Å². The number of rotatable bonds is 3. The summed E-state index contributed by atoms with van der Waals surface area (Å²) in [5.41, 5.74) is -0.460. The molecule has 5 heteroatoms. The van der Waals surface area contributed by atoms with Crippen molar-refractivity contribution in [1.82, 2.24) is 0 Å². The van der Waals surface area contributed by atoms with Crippen molar-refractivity contribution in [1.29, 1.82) is 0 Å². The SMILES string of the molecule is C#CCCNc1cc(Cl)cc(C(F)(F)F)c1. The highest BCUT2D eigenvalue weighted by Gasteiger charge is 2.31. The average molecular weight is 248 g/mol. The van der Waals surface area contributed by atoms with E-state index in [2.05, 4.69) is 11.2 Å². The van der Waals surface area contributed by atoms with Gasteiger partial charge in [0.25, 0.3) is 0 Å². The molecule has 0 heterocycles. The average Bonchev–Trinajstić information content (AvgIpc) is 2.16. The summed E-state index contributed by atoms with van der Waals surface area (Å²) in [6.45, 7) is 0.411. The number of nitrogens with one attached hydrogen (secondary N) is 1. The van der Waals surface area contributed by atoms with Crippen LogP contribution in [-0.2, 0) is 6.18 Å². The van der Waals surface area contributed by atoms with E-state index in [0.29, 0.717) is 18.7 Å². The van der Waals surface area contributed by atoms with Crippen LogP contribution in [0.15, 0.2) is 18.2 Å². The Hall–Kier alpha value is -1.34. The van der Waals surface area contributed by atoms with Gasteiger partial charge in [-0.3, -0.25) is 0 Å². The number of terminal acetylenes is 1. The standard InChI is InChI=1S/C11H9ClF3N/c1-2-3-4-16-10-6-8(11(13,14)15)5-9(12)7-10/h1,5-7,16H,3-4H2. The Morgan fingerprint density at radius 2 is 2.00 bits per heavy atom. The minimum absolute atomic E-state index is 0.0398. The van der Waals surface area contributed by atoms with Crippen molar-refractivity contribution in [2.75, 3.05) is 11.9 Å². The summed E-state index contributed by atoms with van der Waals surface area (Å²) in [7, 11) is 0. The first-order valence-electron chi connectivity index (χ1n) is 4.48. The van der Waals surface area contributed by atoms with Gasteiger partial charge in [-0.15, -0.1) is 12.3 Å². The molecule has 1 aromatic carbocycles. The highest BCUT2D eigenvalue weighted by atomic mass is 35.5. The predicted molar refractivity (Wildman–Crippen MR) is 58.4 cm³/mol. The minimum atomic E-state index is -4.40. The number of hydrogen-bond acceptors (Lipinski definition) is 1. The van der Waals surface area contributed by atoms with Gasteiger partial charge < -0.3 is 5.32 Å². The summed E-state index contributed by atoms with van der Waals surface area (Å²) >= 11 is 5.59. The molecular formula is C11H9ClF3N. The van der Waals surface area contributed by atoms with E-state index >= 15 is 0 Å². The van der Waals surface area contributed by atoms with Crippen LogP contribution in [0, 0.1) is 12.3 Å². The second-order valence-corrected chi connectivity index (χ2v) is 3.54. The Bertz CT molecular complexity index is 407. The Kier molecular flexibility index (Phi) is 4.08. The summed E-state index contributed by atoms with van der Waals surface area (Å²) in [5.74, 6) is 2.38. The summed E-state index contributed by atoms with van der Waals surface area (Å²) in [4.78, 5) is 0. The van der Waals surface area contributed by atoms with Gasteiger partial charge in [0, 0.05) is 23.7 Å². The molecule has 1 aromatic rings. The summed E-state index contributed by atoms with van der Waals surface area (Å²) in [6, 6.07) is 3.31. The van der Waals surface area contributed by atoms with Crippen LogP contribution in [0.5, 0.6) is 0 Å². The van der Waals surface area contributed by atoms with Crippen molar-refractivity contribution in [3.05, 3.63) is 28.8 Å². The first kappa shape index (κ1) is 12.7. The van der Waals surface area contributed by atoms with Crippen LogP contribution in [0.2, 0.25) is 5.02 Å². The number of benzene rings is 1. The zero-order chi connectivity index (χ0) is 12.2.